The Hall–Kier alpha value is -3.68. The Labute approximate surface area is 193 Å². The summed E-state index contributed by atoms with van der Waals surface area (Å²) in [4.78, 5) is 48.0. The lowest BCUT2D eigenvalue weighted by Crippen LogP contribution is -2.34. The number of hydrogen-bond donors (Lipinski definition) is 2. The number of hydrogen-bond acceptors (Lipinski definition) is 6. The number of ether oxygens (including phenoxy) is 2. The molecule has 0 aliphatic carbocycles. The Bertz CT molecular complexity index is 842. The molecule has 8 nitrogen and oxygen atoms in total. The average Bonchev–Trinajstić information content (AvgIpc) is 2.79. The van der Waals surface area contributed by atoms with E-state index in [4.69, 9.17) is 9.47 Å². The van der Waals surface area contributed by atoms with Crippen molar-refractivity contribution in [3.05, 3.63) is 71.8 Å². The largest absolute Gasteiger partial charge is 0.465 e. The first-order chi connectivity index (χ1) is 15.8. The Morgan fingerprint density at radius 1 is 0.667 bits per heavy atom. The molecule has 0 heterocycles. The summed E-state index contributed by atoms with van der Waals surface area (Å²) in [5, 5.41) is 5.49. The molecule has 0 fully saturated rings. The van der Waals surface area contributed by atoms with Gasteiger partial charge in [0, 0.05) is 29.6 Å². The summed E-state index contributed by atoms with van der Waals surface area (Å²) in [6.45, 7) is 3.65. The van der Waals surface area contributed by atoms with Gasteiger partial charge in [-0.25, -0.2) is 0 Å². The normalized spacial score (nSPS) is 12.2. The van der Waals surface area contributed by atoms with Gasteiger partial charge in [-0.05, 0) is 38.1 Å². The van der Waals surface area contributed by atoms with Crippen molar-refractivity contribution in [2.75, 3.05) is 13.2 Å². The third-order valence-electron chi connectivity index (χ3n) is 4.59. The minimum absolute atomic E-state index is 0.0387. The molecule has 2 aromatic carbocycles. The molecule has 2 N–H and O–H groups in total. The molecule has 0 aliphatic heterocycles. The van der Waals surface area contributed by atoms with E-state index in [9.17, 15) is 19.2 Å². The van der Waals surface area contributed by atoms with Crippen LogP contribution in [0.3, 0.4) is 0 Å². The third kappa shape index (κ3) is 9.99. The van der Waals surface area contributed by atoms with Gasteiger partial charge in [0.25, 0.3) is 11.8 Å². The Balaban J connectivity index is 1.55. The highest BCUT2D eigenvalue weighted by Gasteiger charge is 2.15. The highest BCUT2D eigenvalue weighted by Crippen LogP contribution is 2.03. The molecule has 0 spiro atoms. The molecule has 33 heavy (non-hydrogen) atoms. The van der Waals surface area contributed by atoms with Crippen molar-refractivity contribution >= 4 is 23.8 Å². The van der Waals surface area contributed by atoms with Gasteiger partial charge in [0.15, 0.2) is 0 Å². The smallest absolute Gasteiger partial charge is 0.307 e. The first-order valence-corrected chi connectivity index (χ1v) is 10.9. The quantitative estimate of drug-likeness (QED) is 0.377. The zero-order valence-electron chi connectivity index (χ0n) is 18.9. The number of carbonyl (C=O) groups is 4. The molecule has 0 saturated heterocycles. The van der Waals surface area contributed by atoms with Gasteiger partial charge in [0.2, 0.25) is 0 Å². The van der Waals surface area contributed by atoms with Crippen LogP contribution in [0.1, 0.15) is 53.8 Å². The van der Waals surface area contributed by atoms with Crippen LogP contribution in [-0.4, -0.2) is 49.1 Å². The van der Waals surface area contributed by atoms with Gasteiger partial charge in [-0.1, -0.05) is 36.4 Å². The van der Waals surface area contributed by atoms with Crippen LogP contribution in [0.15, 0.2) is 60.7 Å². The summed E-state index contributed by atoms with van der Waals surface area (Å²) in [6, 6.07) is 16.7. The number of rotatable bonds is 12. The third-order valence-corrected chi connectivity index (χ3v) is 4.59. The van der Waals surface area contributed by atoms with E-state index in [0.29, 0.717) is 17.5 Å². The minimum atomic E-state index is -0.445. The van der Waals surface area contributed by atoms with E-state index < -0.39 is 11.9 Å². The van der Waals surface area contributed by atoms with E-state index >= 15 is 0 Å². The number of carbonyl (C=O) groups excluding carboxylic acids is 4. The van der Waals surface area contributed by atoms with Gasteiger partial charge in [0.1, 0.15) is 0 Å². The van der Waals surface area contributed by atoms with Gasteiger partial charge < -0.3 is 20.1 Å². The second-order valence-electron chi connectivity index (χ2n) is 7.68. The zero-order chi connectivity index (χ0) is 24.1. The maximum Gasteiger partial charge on any atom is 0.307 e. The molecular formula is C25H30N2O6. The highest BCUT2D eigenvalue weighted by atomic mass is 16.5. The number of benzene rings is 2. The Morgan fingerprint density at radius 2 is 1.03 bits per heavy atom. The molecule has 2 aromatic rings. The van der Waals surface area contributed by atoms with E-state index in [1.54, 1.807) is 62.4 Å². The maximum atomic E-state index is 12.1. The van der Waals surface area contributed by atoms with E-state index in [0.717, 1.165) is 0 Å². The summed E-state index contributed by atoms with van der Waals surface area (Å²) in [6.07, 6.45) is 0.432. The summed E-state index contributed by atoms with van der Waals surface area (Å²) in [5.41, 5.74) is 1.04. The van der Waals surface area contributed by atoms with Gasteiger partial charge >= 0.3 is 11.9 Å². The standard InChI is InChI=1S/C25H30N2O6/c1-18(26-24(30)20-10-5-3-6-11-20)16-22(28)32-14-9-15-33-23(29)17-19(2)27-25(31)21-12-7-4-8-13-21/h3-8,10-13,18-19H,9,14-17H2,1-2H3,(H,26,30)(H,27,31). The molecule has 0 aliphatic rings. The van der Waals surface area contributed by atoms with Crippen molar-refractivity contribution in [3.63, 3.8) is 0 Å². The van der Waals surface area contributed by atoms with Gasteiger partial charge in [-0.3, -0.25) is 19.2 Å². The van der Waals surface area contributed by atoms with Crippen molar-refractivity contribution in [2.45, 2.75) is 45.2 Å². The van der Waals surface area contributed by atoms with E-state index in [1.165, 1.54) is 0 Å². The molecular weight excluding hydrogens is 424 g/mol. The molecule has 2 amide bonds. The van der Waals surface area contributed by atoms with Gasteiger partial charge in [0.05, 0.1) is 26.1 Å². The second-order valence-corrected chi connectivity index (χ2v) is 7.68. The number of amides is 2. The molecule has 2 rings (SSSR count). The molecule has 8 heteroatoms. The first-order valence-electron chi connectivity index (χ1n) is 10.9. The Morgan fingerprint density at radius 3 is 1.39 bits per heavy atom. The molecule has 0 aromatic heterocycles. The summed E-state index contributed by atoms with van der Waals surface area (Å²) in [7, 11) is 0. The summed E-state index contributed by atoms with van der Waals surface area (Å²) in [5.74, 6) is -1.40. The van der Waals surface area contributed by atoms with Crippen LogP contribution in [0.2, 0.25) is 0 Å². The van der Waals surface area contributed by atoms with Crippen molar-refractivity contribution in [1.29, 1.82) is 0 Å². The van der Waals surface area contributed by atoms with Crippen LogP contribution in [-0.2, 0) is 19.1 Å². The first kappa shape index (κ1) is 25.6. The van der Waals surface area contributed by atoms with Crippen LogP contribution >= 0.6 is 0 Å². The van der Waals surface area contributed by atoms with Crippen LogP contribution in [0.4, 0.5) is 0 Å². The van der Waals surface area contributed by atoms with E-state index in [2.05, 4.69) is 10.6 Å². The molecule has 2 unspecified atom stereocenters. The predicted molar refractivity (Wildman–Crippen MR) is 123 cm³/mol. The topological polar surface area (TPSA) is 111 Å². The summed E-state index contributed by atoms with van der Waals surface area (Å²) < 4.78 is 10.3. The fraction of sp³-hybridized carbons (Fsp3) is 0.360. The van der Waals surface area contributed by atoms with Crippen LogP contribution in [0, 0.1) is 0 Å². The average molecular weight is 455 g/mol. The highest BCUT2D eigenvalue weighted by molar-refractivity contribution is 5.95. The summed E-state index contributed by atoms with van der Waals surface area (Å²) >= 11 is 0. The molecule has 176 valence electrons. The fourth-order valence-corrected chi connectivity index (χ4v) is 2.94. The SMILES string of the molecule is CC(CC(=O)OCCCOC(=O)CC(C)NC(=O)c1ccccc1)NC(=O)c1ccccc1. The maximum absolute atomic E-state index is 12.1. The number of nitrogens with one attached hydrogen (secondary N) is 2. The second kappa shape index (κ2) is 13.7. The van der Waals surface area contributed by atoms with Gasteiger partial charge in [-0.15, -0.1) is 0 Å². The Kier molecular flexibility index (Phi) is 10.6. The van der Waals surface area contributed by atoms with Gasteiger partial charge in [-0.2, -0.15) is 0 Å². The van der Waals surface area contributed by atoms with Crippen molar-refractivity contribution in [3.8, 4) is 0 Å². The number of esters is 2. The monoisotopic (exact) mass is 454 g/mol. The zero-order valence-corrected chi connectivity index (χ0v) is 18.9. The van der Waals surface area contributed by atoms with Crippen molar-refractivity contribution in [2.24, 2.45) is 0 Å². The lowest BCUT2D eigenvalue weighted by atomic mass is 10.2. The molecule has 0 radical (unpaired) electrons. The van der Waals surface area contributed by atoms with Crippen LogP contribution in [0.25, 0.3) is 0 Å². The molecule has 2 atom stereocenters. The van der Waals surface area contributed by atoms with E-state index in [1.807, 2.05) is 12.1 Å². The van der Waals surface area contributed by atoms with Crippen LogP contribution < -0.4 is 10.6 Å². The predicted octanol–water partition coefficient (Wildman–Crippen LogP) is 2.88. The lowest BCUT2D eigenvalue weighted by molar-refractivity contribution is -0.146. The minimum Gasteiger partial charge on any atom is -0.465 e. The lowest BCUT2D eigenvalue weighted by Gasteiger charge is -2.14. The fourth-order valence-electron chi connectivity index (χ4n) is 2.94. The van der Waals surface area contributed by atoms with Crippen LogP contribution in [0.5, 0.6) is 0 Å². The van der Waals surface area contributed by atoms with Crippen molar-refractivity contribution < 1.29 is 28.7 Å². The van der Waals surface area contributed by atoms with E-state index in [-0.39, 0.29) is 50.0 Å². The molecule has 0 bridgehead atoms. The van der Waals surface area contributed by atoms with Crippen molar-refractivity contribution in [1.82, 2.24) is 10.6 Å². The molecule has 0 saturated carbocycles.